The Morgan fingerprint density at radius 1 is 1.12 bits per heavy atom. The largest absolute Gasteiger partial charge is 0.480 e. The number of hydrogen-bond acceptors (Lipinski definition) is 4. The van der Waals surface area contributed by atoms with Crippen LogP contribution in [0.15, 0.2) is 40.9 Å². The van der Waals surface area contributed by atoms with Crippen LogP contribution in [0.2, 0.25) is 10.0 Å². The lowest BCUT2D eigenvalue weighted by molar-refractivity contribution is -0.149. The molecule has 0 saturated carbocycles. The first-order chi connectivity index (χ1) is 11.8. The van der Waals surface area contributed by atoms with Crippen molar-refractivity contribution < 1.29 is 19.1 Å². The number of hydrogen-bond donors (Lipinski definition) is 1. The molecule has 5 nitrogen and oxygen atoms in total. The molecule has 1 amide bonds. The van der Waals surface area contributed by atoms with Crippen molar-refractivity contribution in [3.8, 4) is 5.75 Å². The van der Waals surface area contributed by atoms with E-state index >= 15 is 0 Å². The van der Waals surface area contributed by atoms with Gasteiger partial charge in [0.15, 0.2) is 13.2 Å². The Morgan fingerprint density at radius 2 is 1.88 bits per heavy atom. The summed E-state index contributed by atoms with van der Waals surface area (Å²) in [7, 11) is 0. The third-order valence-electron chi connectivity index (χ3n) is 3.00. The first kappa shape index (κ1) is 19.6. The summed E-state index contributed by atoms with van der Waals surface area (Å²) >= 11 is 15.1. The zero-order chi connectivity index (χ0) is 18.4. The van der Waals surface area contributed by atoms with Gasteiger partial charge < -0.3 is 14.8 Å². The third kappa shape index (κ3) is 6.23. The van der Waals surface area contributed by atoms with Crippen LogP contribution in [0.1, 0.15) is 5.56 Å². The van der Waals surface area contributed by atoms with E-state index in [0.29, 0.717) is 16.5 Å². The van der Waals surface area contributed by atoms with E-state index in [2.05, 4.69) is 21.2 Å². The molecule has 0 bridgehead atoms. The monoisotopic (exact) mass is 445 g/mol. The minimum atomic E-state index is -0.691. The number of carbonyl (C=O) groups is 2. The fourth-order valence-electron chi connectivity index (χ4n) is 1.82. The number of benzene rings is 2. The Labute approximate surface area is 163 Å². The Balaban J connectivity index is 1.78. The number of esters is 1. The van der Waals surface area contributed by atoms with Crippen LogP contribution in [-0.4, -0.2) is 25.1 Å². The van der Waals surface area contributed by atoms with E-state index < -0.39 is 18.5 Å². The minimum absolute atomic E-state index is 0.280. The van der Waals surface area contributed by atoms with E-state index in [1.807, 2.05) is 19.1 Å². The van der Waals surface area contributed by atoms with Gasteiger partial charge in [0.1, 0.15) is 5.75 Å². The lowest BCUT2D eigenvalue weighted by atomic mass is 10.2. The highest BCUT2D eigenvalue weighted by molar-refractivity contribution is 9.10. The third-order valence-corrected chi connectivity index (χ3v) is 4.19. The van der Waals surface area contributed by atoms with Crippen molar-refractivity contribution in [3.63, 3.8) is 0 Å². The second-order valence-corrected chi connectivity index (χ2v) is 6.75. The van der Waals surface area contributed by atoms with Crippen LogP contribution in [-0.2, 0) is 14.3 Å². The molecule has 2 rings (SSSR count). The zero-order valence-corrected chi connectivity index (χ0v) is 16.2. The topological polar surface area (TPSA) is 64.6 Å². The van der Waals surface area contributed by atoms with Crippen molar-refractivity contribution in [3.05, 3.63) is 56.5 Å². The second kappa shape index (κ2) is 9.08. The van der Waals surface area contributed by atoms with E-state index in [1.54, 1.807) is 18.2 Å². The van der Waals surface area contributed by atoms with Crippen molar-refractivity contribution in [2.75, 3.05) is 18.5 Å². The predicted molar refractivity (Wildman–Crippen MR) is 100 cm³/mol. The smallest absolute Gasteiger partial charge is 0.344 e. The van der Waals surface area contributed by atoms with Crippen LogP contribution in [0.5, 0.6) is 5.75 Å². The van der Waals surface area contributed by atoms with E-state index in [4.69, 9.17) is 32.7 Å². The lowest BCUT2D eigenvalue weighted by Crippen LogP contribution is -2.23. The van der Waals surface area contributed by atoms with Gasteiger partial charge in [-0.2, -0.15) is 0 Å². The molecule has 1 N–H and O–H groups in total. The van der Waals surface area contributed by atoms with Crippen LogP contribution >= 0.6 is 39.1 Å². The maximum absolute atomic E-state index is 11.8. The highest BCUT2D eigenvalue weighted by Crippen LogP contribution is 2.27. The summed E-state index contributed by atoms with van der Waals surface area (Å²) in [5.41, 5.74) is 1.64. The summed E-state index contributed by atoms with van der Waals surface area (Å²) in [5.74, 6) is -0.845. The fraction of sp³-hybridized carbons (Fsp3) is 0.176. The average molecular weight is 447 g/mol. The molecule has 0 spiro atoms. The predicted octanol–water partition coefficient (Wildman–Crippen LogP) is 4.63. The van der Waals surface area contributed by atoms with E-state index in [9.17, 15) is 9.59 Å². The second-order valence-electron chi connectivity index (χ2n) is 5.06. The summed E-state index contributed by atoms with van der Waals surface area (Å²) in [4.78, 5) is 23.5. The van der Waals surface area contributed by atoms with Crippen LogP contribution in [0, 0.1) is 6.92 Å². The SMILES string of the molecule is Cc1ccc(NC(=O)COC(=O)COc2ccc(Cl)cc2Cl)c(Br)c1. The average Bonchev–Trinajstić information content (AvgIpc) is 2.55. The van der Waals surface area contributed by atoms with Gasteiger partial charge in [-0.1, -0.05) is 29.3 Å². The normalized spacial score (nSPS) is 10.2. The number of nitrogens with one attached hydrogen (secondary N) is 1. The number of amides is 1. The zero-order valence-electron chi connectivity index (χ0n) is 13.1. The molecule has 25 heavy (non-hydrogen) atoms. The first-order valence-electron chi connectivity index (χ1n) is 7.14. The molecule has 0 atom stereocenters. The van der Waals surface area contributed by atoms with E-state index in [-0.39, 0.29) is 11.6 Å². The van der Waals surface area contributed by atoms with Crippen LogP contribution in [0.3, 0.4) is 0 Å². The number of anilines is 1. The molecule has 0 aliphatic heterocycles. The summed E-state index contributed by atoms with van der Waals surface area (Å²) in [6.07, 6.45) is 0. The highest BCUT2D eigenvalue weighted by Gasteiger charge is 2.11. The van der Waals surface area contributed by atoms with Gasteiger partial charge in [0.2, 0.25) is 0 Å². The van der Waals surface area contributed by atoms with Crippen molar-refractivity contribution in [2.24, 2.45) is 0 Å². The molecule has 132 valence electrons. The van der Waals surface area contributed by atoms with Gasteiger partial charge in [-0.3, -0.25) is 4.79 Å². The molecule has 0 aromatic heterocycles. The Hall–Kier alpha value is -1.76. The minimum Gasteiger partial charge on any atom is -0.480 e. The Morgan fingerprint density at radius 3 is 2.56 bits per heavy atom. The van der Waals surface area contributed by atoms with Gasteiger partial charge in [-0.25, -0.2) is 4.79 Å². The van der Waals surface area contributed by atoms with Gasteiger partial charge in [-0.05, 0) is 58.7 Å². The molecular weight excluding hydrogens is 433 g/mol. The lowest BCUT2D eigenvalue weighted by Gasteiger charge is -2.10. The molecule has 0 heterocycles. The Kier molecular flexibility index (Phi) is 7.11. The molecule has 8 heteroatoms. The number of ether oxygens (including phenoxy) is 2. The molecule has 0 aliphatic carbocycles. The van der Waals surface area contributed by atoms with Gasteiger partial charge >= 0.3 is 5.97 Å². The molecule has 0 saturated heterocycles. The first-order valence-corrected chi connectivity index (χ1v) is 8.69. The standard InChI is InChI=1S/C17H14BrCl2NO4/c1-10-2-4-14(12(18)6-10)21-16(22)8-25-17(23)9-24-15-5-3-11(19)7-13(15)20/h2-7H,8-9H2,1H3,(H,21,22). The molecule has 0 radical (unpaired) electrons. The number of carbonyl (C=O) groups excluding carboxylic acids is 2. The fourth-order valence-corrected chi connectivity index (χ4v) is 2.88. The summed E-state index contributed by atoms with van der Waals surface area (Å²) in [6, 6.07) is 10.1. The van der Waals surface area contributed by atoms with Crippen LogP contribution in [0.4, 0.5) is 5.69 Å². The molecule has 0 fully saturated rings. The molecular formula is C17H14BrCl2NO4. The molecule has 0 aliphatic rings. The number of halogens is 3. The Bertz CT molecular complexity index is 798. The number of rotatable bonds is 6. The van der Waals surface area contributed by atoms with Gasteiger partial charge in [0.25, 0.3) is 5.91 Å². The summed E-state index contributed by atoms with van der Waals surface area (Å²) in [6.45, 7) is 1.14. The van der Waals surface area contributed by atoms with Crippen LogP contribution < -0.4 is 10.1 Å². The van der Waals surface area contributed by atoms with Crippen molar-refractivity contribution in [1.82, 2.24) is 0 Å². The maximum atomic E-state index is 11.8. The van der Waals surface area contributed by atoms with E-state index in [0.717, 1.165) is 10.0 Å². The van der Waals surface area contributed by atoms with Crippen molar-refractivity contribution in [2.45, 2.75) is 6.92 Å². The van der Waals surface area contributed by atoms with Crippen molar-refractivity contribution in [1.29, 1.82) is 0 Å². The summed E-state index contributed by atoms with van der Waals surface area (Å²) < 4.78 is 10.8. The molecule has 0 unspecified atom stereocenters. The number of aryl methyl sites for hydroxylation is 1. The van der Waals surface area contributed by atoms with E-state index in [1.165, 1.54) is 6.07 Å². The quantitative estimate of drug-likeness (QED) is 0.657. The molecule has 2 aromatic rings. The highest BCUT2D eigenvalue weighted by atomic mass is 79.9. The van der Waals surface area contributed by atoms with Gasteiger partial charge in [0, 0.05) is 9.50 Å². The van der Waals surface area contributed by atoms with Gasteiger partial charge in [-0.15, -0.1) is 0 Å². The molecule has 2 aromatic carbocycles. The summed E-state index contributed by atoms with van der Waals surface area (Å²) in [5, 5.41) is 3.38. The van der Waals surface area contributed by atoms with Gasteiger partial charge in [0.05, 0.1) is 10.7 Å². The van der Waals surface area contributed by atoms with Crippen LogP contribution in [0.25, 0.3) is 0 Å². The van der Waals surface area contributed by atoms with Crippen molar-refractivity contribution >= 4 is 56.7 Å². The maximum Gasteiger partial charge on any atom is 0.344 e.